The third-order valence-corrected chi connectivity index (χ3v) is 1.68. The second kappa shape index (κ2) is 8.36. The van der Waals surface area contributed by atoms with Crippen molar-refractivity contribution in [1.29, 1.82) is 0 Å². The maximum absolute atomic E-state index is 13.4. The van der Waals surface area contributed by atoms with E-state index in [4.69, 9.17) is 0 Å². The first-order valence-electron chi connectivity index (χ1n) is 4.53. The van der Waals surface area contributed by atoms with E-state index >= 15 is 0 Å². The van der Waals surface area contributed by atoms with Crippen molar-refractivity contribution >= 4 is 0 Å². The Morgan fingerprint density at radius 3 is 2.19 bits per heavy atom. The summed E-state index contributed by atoms with van der Waals surface area (Å²) in [7, 11) is 3.05. The quantitative estimate of drug-likeness (QED) is 0.504. The first kappa shape index (κ1) is 18.6. The van der Waals surface area contributed by atoms with Gasteiger partial charge in [-0.05, 0) is 13.8 Å². The fourth-order valence-corrected chi connectivity index (χ4v) is 0.797. The van der Waals surface area contributed by atoms with E-state index in [9.17, 15) is 13.2 Å². The molecular weight excluding hydrogens is 264 g/mol. The van der Waals surface area contributed by atoms with Crippen LogP contribution < -0.4 is 0 Å². The zero-order chi connectivity index (χ0) is 11.9. The van der Waals surface area contributed by atoms with E-state index in [-0.39, 0.29) is 38.4 Å². The molecule has 0 N–H and O–H groups in total. The Kier molecular flexibility index (Phi) is 9.73. The van der Waals surface area contributed by atoms with Crippen LogP contribution in [0.25, 0.3) is 0 Å². The zero-order valence-electron chi connectivity index (χ0n) is 9.34. The van der Waals surface area contributed by atoms with Crippen LogP contribution in [0, 0.1) is 7.11 Å². The molecule has 0 saturated carbocycles. The number of hydrogen-bond acceptors (Lipinski definition) is 3. The Morgan fingerprint density at radius 2 is 1.75 bits per heavy atom. The van der Waals surface area contributed by atoms with E-state index in [1.807, 2.05) is 0 Å². The zero-order valence-corrected chi connectivity index (χ0v) is 10.7. The Morgan fingerprint density at radius 1 is 1.19 bits per heavy atom. The van der Waals surface area contributed by atoms with Crippen molar-refractivity contribution in [3.63, 3.8) is 0 Å². The van der Waals surface area contributed by atoms with Gasteiger partial charge >= 0.3 is 6.11 Å². The molecule has 0 amide bonds. The number of ether oxygens (including phenoxy) is 3. The third kappa shape index (κ3) is 6.10. The standard InChI is InChI=1S/C9H16F3O3.V/c1-4-15-9(11,12)8(2,10)7-14-6-5-13-3;/h3-7H2,1-2H3;/q-1;. The number of halogens is 3. The minimum atomic E-state index is -3.85. The van der Waals surface area contributed by atoms with Gasteiger partial charge in [0.1, 0.15) is 0 Å². The normalized spacial score (nSPS) is 15.4. The molecule has 0 aromatic heterocycles. The van der Waals surface area contributed by atoms with Gasteiger partial charge in [0.05, 0.1) is 19.8 Å². The molecule has 16 heavy (non-hydrogen) atoms. The summed E-state index contributed by atoms with van der Waals surface area (Å²) in [6.45, 7) is 1.19. The SMILES string of the molecule is [CH2-]OCCOCC(C)(F)C(F)(F)OCC.[V]. The minimum Gasteiger partial charge on any atom is -0.553 e. The van der Waals surface area contributed by atoms with Gasteiger partial charge in [-0.2, -0.15) is 8.78 Å². The van der Waals surface area contributed by atoms with Crippen molar-refractivity contribution in [2.24, 2.45) is 0 Å². The molecule has 3 nitrogen and oxygen atoms in total. The van der Waals surface area contributed by atoms with E-state index in [0.717, 1.165) is 6.92 Å². The molecule has 0 spiro atoms. The number of alkyl halides is 3. The first-order valence-corrected chi connectivity index (χ1v) is 4.53. The molecule has 97 valence electrons. The third-order valence-electron chi connectivity index (χ3n) is 1.68. The maximum Gasteiger partial charge on any atom is 0.391 e. The van der Waals surface area contributed by atoms with Gasteiger partial charge in [-0.25, -0.2) is 11.5 Å². The summed E-state index contributed by atoms with van der Waals surface area (Å²) in [5.74, 6) is 0. The molecule has 0 fully saturated rings. The van der Waals surface area contributed by atoms with Gasteiger partial charge in [0.2, 0.25) is 5.67 Å². The van der Waals surface area contributed by atoms with Crippen LogP contribution >= 0.6 is 0 Å². The largest absolute Gasteiger partial charge is 0.553 e. The fourth-order valence-electron chi connectivity index (χ4n) is 0.797. The molecule has 0 aromatic rings. The van der Waals surface area contributed by atoms with Gasteiger partial charge in [-0.15, -0.1) is 0 Å². The predicted molar refractivity (Wildman–Crippen MR) is 48.2 cm³/mol. The summed E-state index contributed by atoms with van der Waals surface area (Å²) in [5, 5.41) is 0. The number of hydrogen-bond donors (Lipinski definition) is 0. The Hall–Kier alpha value is 0.254. The van der Waals surface area contributed by atoms with Crippen LogP contribution in [0.4, 0.5) is 13.2 Å². The monoisotopic (exact) mass is 280 g/mol. The van der Waals surface area contributed by atoms with E-state index in [0.29, 0.717) is 0 Å². The molecule has 0 rings (SSSR count). The smallest absolute Gasteiger partial charge is 0.391 e. The average Bonchev–Trinajstić information content (AvgIpc) is 2.12. The molecule has 0 aliphatic rings. The van der Waals surface area contributed by atoms with Crippen molar-refractivity contribution in [2.75, 3.05) is 26.4 Å². The van der Waals surface area contributed by atoms with Crippen LogP contribution in [0.3, 0.4) is 0 Å². The molecule has 1 atom stereocenters. The number of rotatable bonds is 8. The Bertz CT molecular complexity index is 179. The summed E-state index contributed by atoms with van der Waals surface area (Å²) in [6, 6.07) is 0. The molecule has 1 radical (unpaired) electrons. The van der Waals surface area contributed by atoms with Gasteiger partial charge in [0.25, 0.3) is 0 Å². The summed E-state index contributed by atoms with van der Waals surface area (Å²) < 4.78 is 52.5. The van der Waals surface area contributed by atoms with Gasteiger partial charge in [0.15, 0.2) is 0 Å². The van der Waals surface area contributed by atoms with Crippen molar-refractivity contribution < 1.29 is 45.9 Å². The van der Waals surface area contributed by atoms with Crippen LogP contribution in [-0.2, 0) is 32.8 Å². The van der Waals surface area contributed by atoms with E-state index in [1.165, 1.54) is 6.92 Å². The van der Waals surface area contributed by atoms with Crippen LogP contribution in [0.2, 0.25) is 0 Å². The molecule has 1 unspecified atom stereocenters. The van der Waals surface area contributed by atoms with Crippen LogP contribution in [0.5, 0.6) is 0 Å². The second-order valence-corrected chi connectivity index (χ2v) is 3.11. The topological polar surface area (TPSA) is 27.7 Å². The van der Waals surface area contributed by atoms with Crippen molar-refractivity contribution in [2.45, 2.75) is 25.6 Å². The Labute approximate surface area is 106 Å². The van der Waals surface area contributed by atoms with Gasteiger partial charge in [0, 0.05) is 25.2 Å². The molecule has 0 aliphatic heterocycles. The minimum absolute atomic E-state index is 0. The van der Waals surface area contributed by atoms with Crippen molar-refractivity contribution in [3.8, 4) is 0 Å². The Balaban J connectivity index is 0. The summed E-state index contributed by atoms with van der Waals surface area (Å²) in [6.07, 6.45) is -3.85. The van der Waals surface area contributed by atoms with Crippen LogP contribution in [0.15, 0.2) is 0 Å². The summed E-state index contributed by atoms with van der Waals surface area (Å²) in [5.41, 5.74) is -2.86. The van der Waals surface area contributed by atoms with E-state index in [2.05, 4.69) is 21.3 Å². The summed E-state index contributed by atoms with van der Waals surface area (Å²) in [4.78, 5) is 0. The first-order chi connectivity index (χ1) is 6.87. The average molecular weight is 280 g/mol. The van der Waals surface area contributed by atoms with Crippen LogP contribution in [-0.4, -0.2) is 38.2 Å². The fraction of sp³-hybridized carbons (Fsp3) is 0.889. The van der Waals surface area contributed by atoms with Crippen LogP contribution in [0.1, 0.15) is 13.8 Å². The predicted octanol–water partition coefficient (Wildman–Crippen LogP) is 2.17. The maximum atomic E-state index is 13.4. The van der Waals surface area contributed by atoms with Gasteiger partial charge in [-0.3, -0.25) is 0 Å². The van der Waals surface area contributed by atoms with Crippen molar-refractivity contribution in [1.82, 2.24) is 0 Å². The molecule has 0 saturated heterocycles. The second-order valence-electron chi connectivity index (χ2n) is 3.11. The molecule has 0 bridgehead atoms. The molecule has 0 aliphatic carbocycles. The van der Waals surface area contributed by atoms with E-state index < -0.39 is 18.4 Å². The molecular formula is C9H16F3O3V-. The summed E-state index contributed by atoms with van der Waals surface area (Å²) >= 11 is 0. The molecule has 7 heteroatoms. The molecule has 0 aromatic carbocycles. The van der Waals surface area contributed by atoms with Crippen molar-refractivity contribution in [3.05, 3.63) is 7.11 Å². The van der Waals surface area contributed by atoms with E-state index in [1.54, 1.807) is 0 Å². The van der Waals surface area contributed by atoms with Gasteiger partial charge < -0.3 is 14.2 Å². The van der Waals surface area contributed by atoms with Gasteiger partial charge in [-0.1, -0.05) is 0 Å². The molecule has 0 heterocycles.